The number of carboxylic acid groups (broad SMARTS) is 1. The maximum absolute atomic E-state index is 13.1. The first-order chi connectivity index (χ1) is 15.3. The summed E-state index contributed by atoms with van der Waals surface area (Å²) in [7, 11) is -3.97. The van der Waals surface area contributed by atoms with Crippen LogP contribution in [0.15, 0.2) is 89.8 Å². The molecule has 0 heterocycles. The van der Waals surface area contributed by atoms with E-state index in [4.69, 9.17) is 10.8 Å². The number of nitrogens with one attached hydrogen (secondary N) is 2. The number of aliphatic carboxylic acids is 1. The number of sulfonamides is 1. The second kappa shape index (κ2) is 10.2. The second-order valence-corrected chi connectivity index (χ2v) is 8.83. The SMILES string of the molecule is N[C@@H](Cc1cccc(NC(=O)C(NS(=O)(=O)c2ccccc2)c2ccccc2)c1)C(=O)O. The van der Waals surface area contributed by atoms with Crippen molar-refractivity contribution in [1.29, 1.82) is 0 Å². The predicted molar refractivity (Wildman–Crippen MR) is 120 cm³/mol. The van der Waals surface area contributed by atoms with Crippen LogP contribution in [0.4, 0.5) is 5.69 Å². The fourth-order valence-corrected chi connectivity index (χ4v) is 4.28. The van der Waals surface area contributed by atoms with Crippen LogP contribution in [0.3, 0.4) is 0 Å². The van der Waals surface area contributed by atoms with Gasteiger partial charge in [0.1, 0.15) is 12.1 Å². The van der Waals surface area contributed by atoms with Crippen LogP contribution in [0.5, 0.6) is 0 Å². The van der Waals surface area contributed by atoms with E-state index in [1.807, 2.05) is 0 Å². The Kier molecular flexibility index (Phi) is 7.37. The minimum atomic E-state index is -3.97. The standard InChI is InChI=1S/C23H23N3O5S/c24-20(23(28)29)15-16-8-7-11-18(14-16)25-22(27)21(17-9-3-1-4-10-17)26-32(30,31)19-12-5-2-6-13-19/h1-14,20-21,26H,15,24H2,(H,25,27)(H,28,29)/t20-,21?/m0/s1. The van der Waals surface area contributed by atoms with Crippen molar-refractivity contribution in [3.63, 3.8) is 0 Å². The highest BCUT2D eigenvalue weighted by Crippen LogP contribution is 2.20. The second-order valence-electron chi connectivity index (χ2n) is 7.12. The Bertz CT molecular complexity index is 1180. The summed E-state index contributed by atoms with van der Waals surface area (Å²) < 4.78 is 28.2. The average molecular weight is 454 g/mol. The normalized spacial score (nSPS) is 13.2. The third kappa shape index (κ3) is 6.01. The maximum Gasteiger partial charge on any atom is 0.320 e. The first-order valence-corrected chi connectivity index (χ1v) is 11.2. The summed E-state index contributed by atoms with van der Waals surface area (Å²) in [5, 5.41) is 11.7. The summed E-state index contributed by atoms with van der Waals surface area (Å²) in [6, 6.07) is 20.6. The molecule has 2 atom stereocenters. The third-order valence-electron chi connectivity index (χ3n) is 4.69. The highest BCUT2D eigenvalue weighted by molar-refractivity contribution is 7.89. The topological polar surface area (TPSA) is 139 Å². The summed E-state index contributed by atoms with van der Waals surface area (Å²) in [5.74, 6) is -1.71. The molecule has 3 rings (SSSR count). The molecule has 0 aliphatic heterocycles. The Balaban J connectivity index is 1.85. The zero-order valence-corrected chi connectivity index (χ0v) is 17.8. The molecule has 32 heavy (non-hydrogen) atoms. The highest BCUT2D eigenvalue weighted by atomic mass is 32.2. The van der Waals surface area contributed by atoms with E-state index in [0.29, 0.717) is 16.8 Å². The van der Waals surface area contributed by atoms with Gasteiger partial charge in [-0.05, 0) is 41.8 Å². The summed E-state index contributed by atoms with van der Waals surface area (Å²) in [4.78, 5) is 24.1. The van der Waals surface area contributed by atoms with Crippen molar-refractivity contribution in [2.24, 2.45) is 5.73 Å². The lowest BCUT2D eigenvalue weighted by Gasteiger charge is -2.19. The average Bonchev–Trinajstić information content (AvgIpc) is 2.79. The van der Waals surface area contributed by atoms with Crippen molar-refractivity contribution in [3.05, 3.63) is 96.1 Å². The van der Waals surface area contributed by atoms with E-state index < -0.39 is 34.0 Å². The summed E-state index contributed by atoms with van der Waals surface area (Å²) >= 11 is 0. The predicted octanol–water partition coefficient (Wildman–Crippen LogP) is 2.30. The number of hydrogen-bond donors (Lipinski definition) is 4. The molecule has 9 heteroatoms. The van der Waals surface area contributed by atoms with Gasteiger partial charge in [-0.25, -0.2) is 8.42 Å². The molecule has 3 aromatic carbocycles. The Morgan fingerprint density at radius 1 is 0.906 bits per heavy atom. The number of carbonyl (C=O) groups excluding carboxylic acids is 1. The Morgan fingerprint density at radius 2 is 1.53 bits per heavy atom. The number of benzene rings is 3. The van der Waals surface area contributed by atoms with E-state index in [1.165, 1.54) is 12.1 Å². The molecule has 0 aliphatic carbocycles. The van der Waals surface area contributed by atoms with Gasteiger partial charge >= 0.3 is 5.97 Å². The smallest absolute Gasteiger partial charge is 0.320 e. The van der Waals surface area contributed by atoms with Crippen molar-refractivity contribution >= 4 is 27.6 Å². The molecule has 166 valence electrons. The lowest BCUT2D eigenvalue weighted by molar-refractivity contribution is -0.138. The molecule has 0 saturated carbocycles. The lowest BCUT2D eigenvalue weighted by atomic mass is 10.1. The number of hydrogen-bond acceptors (Lipinski definition) is 5. The third-order valence-corrected chi connectivity index (χ3v) is 6.13. The first kappa shape index (κ1) is 23.1. The number of carboxylic acids is 1. The summed E-state index contributed by atoms with van der Waals surface area (Å²) in [6.45, 7) is 0. The van der Waals surface area contributed by atoms with Crippen LogP contribution < -0.4 is 15.8 Å². The largest absolute Gasteiger partial charge is 0.480 e. The minimum Gasteiger partial charge on any atom is -0.480 e. The van der Waals surface area contributed by atoms with Crippen molar-refractivity contribution < 1.29 is 23.1 Å². The van der Waals surface area contributed by atoms with Crippen LogP contribution in [0, 0.1) is 0 Å². The van der Waals surface area contributed by atoms with Gasteiger partial charge in [0, 0.05) is 5.69 Å². The van der Waals surface area contributed by atoms with Gasteiger partial charge < -0.3 is 16.2 Å². The first-order valence-electron chi connectivity index (χ1n) is 9.77. The molecule has 0 aromatic heterocycles. The maximum atomic E-state index is 13.1. The van der Waals surface area contributed by atoms with Crippen molar-refractivity contribution in [3.8, 4) is 0 Å². The van der Waals surface area contributed by atoms with Gasteiger partial charge in [-0.2, -0.15) is 4.72 Å². The van der Waals surface area contributed by atoms with Crippen LogP contribution in [-0.2, 0) is 26.0 Å². The molecule has 1 amide bonds. The van der Waals surface area contributed by atoms with Crippen LogP contribution in [-0.4, -0.2) is 31.4 Å². The molecular weight excluding hydrogens is 430 g/mol. The van der Waals surface area contributed by atoms with Gasteiger partial charge in [0.05, 0.1) is 4.90 Å². The quantitative estimate of drug-likeness (QED) is 0.392. The van der Waals surface area contributed by atoms with E-state index in [9.17, 15) is 18.0 Å². The van der Waals surface area contributed by atoms with Gasteiger partial charge in [-0.15, -0.1) is 0 Å². The molecule has 0 fully saturated rings. The van der Waals surface area contributed by atoms with Crippen molar-refractivity contribution in [2.45, 2.75) is 23.4 Å². The van der Waals surface area contributed by atoms with E-state index in [0.717, 1.165) is 0 Å². The highest BCUT2D eigenvalue weighted by Gasteiger charge is 2.27. The van der Waals surface area contributed by atoms with Crippen molar-refractivity contribution in [1.82, 2.24) is 4.72 Å². The molecule has 8 nitrogen and oxygen atoms in total. The number of nitrogens with two attached hydrogens (primary N) is 1. The van der Waals surface area contributed by atoms with Gasteiger partial charge in [-0.1, -0.05) is 60.7 Å². The monoisotopic (exact) mass is 453 g/mol. The Morgan fingerprint density at radius 3 is 2.16 bits per heavy atom. The van der Waals surface area contributed by atoms with Gasteiger partial charge in [0.15, 0.2) is 0 Å². The van der Waals surface area contributed by atoms with Crippen LogP contribution in [0.2, 0.25) is 0 Å². The van der Waals surface area contributed by atoms with Gasteiger partial charge in [0.25, 0.3) is 0 Å². The van der Waals surface area contributed by atoms with Crippen LogP contribution >= 0.6 is 0 Å². The van der Waals surface area contributed by atoms with E-state index in [2.05, 4.69) is 10.0 Å². The van der Waals surface area contributed by atoms with Gasteiger partial charge in [0.2, 0.25) is 15.9 Å². The zero-order valence-electron chi connectivity index (χ0n) is 17.0. The van der Waals surface area contributed by atoms with Crippen LogP contribution in [0.25, 0.3) is 0 Å². The summed E-state index contributed by atoms with van der Waals surface area (Å²) in [5.41, 5.74) is 7.07. The molecule has 0 radical (unpaired) electrons. The number of carbonyl (C=O) groups is 2. The molecular formula is C23H23N3O5S. The summed E-state index contributed by atoms with van der Waals surface area (Å²) in [6.07, 6.45) is 0.0851. The molecule has 0 spiro atoms. The Labute approximate surface area is 186 Å². The fraction of sp³-hybridized carbons (Fsp3) is 0.130. The molecule has 3 aromatic rings. The molecule has 0 bridgehead atoms. The van der Waals surface area contributed by atoms with Gasteiger partial charge in [-0.3, -0.25) is 9.59 Å². The number of anilines is 1. The fourth-order valence-electron chi connectivity index (χ4n) is 3.07. The Hall–Kier alpha value is -3.53. The van der Waals surface area contributed by atoms with E-state index in [1.54, 1.807) is 72.8 Å². The molecule has 5 N–H and O–H groups in total. The molecule has 0 aliphatic rings. The number of amides is 1. The van der Waals surface area contributed by atoms with Crippen molar-refractivity contribution in [2.75, 3.05) is 5.32 Å². The number of rotatable bonds is 9. The zero-order chi connectivity index (χ0) is 23.1. The molecule has 0 saturated heterocycles. The molecule has 1 unspecified atom stereocenters. The minimum absolute atomic E-state index is 0.0402. The van der Waals surface area contributed by atoms with Crippen LogP contribution in [0.1, 0.15) is 17.2 Å². The van der Waals surface area contributed by atoms with E-state index >= 15 is 0 Å². The lowest BCUT2D eigenvalue weighted by Crippen LogP contribution is -2.37. The van der Waals surface area contributed by atoms with E-state index in [-0.39, 0.29) is 11.3 Å².